The standard InChI is InChI=1S/C21H22BrN3O2/c1-15(17-5-9-20(27-2)10-6-17)25-21(26)18(13-23)14-24-12-11-16-3-7-19(22)8-4-16/h3-10,14-15,24H,11-12H2,1-2H3,(H,25,26)/b18-14-. The molecule has 2 rings (SSSR count). The van der Waals surface area contributed by atoms with Crippen LogP contribution in [0, 0.1) is 11.3 Å². The Kier molecular flexibility index (Phi) is 7.90. The predicted molar refractivity (Wildman–Crippen MR) is 109 cm³/mol. The third-order valence-electron chi connectivity index (χ3n) is 4.05. The summed E-state index contributed by atoms with van der Waals surface area (Å²) in [6, 6.07) is 17.2. The van der Waals surface area contributed by atoms with Gasteiger partial charge in [0, 0.05) is 17.2 Å². The average molecular weight is 428 g/mol. The van der Waals surface area contributed by atoms with Crippen molar-refractivity contribution in [3.05, 3.63) is 75.9 Å². The van der Waals surface area contributed by atoms with E-state index in [0.29, 0.717) is 6.54 Å². The summed E-state index contributed by atoms with van der Waals surface area (Å²) in [5.41, 5.74) is 2.16. The van der Waals surface area contributed by atoms with Crippen molar-refractivity contribution < 1.29 is 9.53 Å². The number of carbonyl (C=O) groups excluding carboxylic acids is 1. The molecule has 0 spiro atoms. The van der Waals surface area contributed by atoms with Gasteiger partial charge in [-0.2, -0.15) is 5.26 Å². The Balaban J connectivity index is 1.87. The molecule has 0 saturated carbocycles. The fourth-order valence-electron chi connectivity index (χ4n) is 2.44. The molecule has 0 aliphatic rings. The summed E-state index contributed by atoms with van der Waals surface area (Å²) in [4.78, 5) is 12.3. The highest BCUT2D eigenvalue weighted by molar-refractivity contribution is 9.10. The van der Waals surface area contributed by atoms with E-state index >= 15 is 0 Å². The molecule has 2 N–H and O–H groups in total. The summed E-state index contributed by atoms with van der Waals surface area (Å²) in [6.07, 6.45) is 2.27. The molecule has 1 unspecified atom stereocenters. The van der Waals surface area contributed by atoms with Gasteiger partial charge in [0.1, 0.15) is 17.4 Å². The maximum absolute atomic E-state index is 12.3. The molecule has 6 heteroatoms. The molecule has 2 aromatic rings. The number of hydrogen-bond donors (Lipinski definition) is 2. The summed E-state index contributed by atoms with van der Waals surface area (Å²) >= 11 is 3.40. The molecule has 0 fully saturated rings. The van der Waals surface area contributed by atoms with Gasteiger partial charge in [-0.25, -0.2) is 0 Å². The van der Waals surface area contributed by atoms with E-state index in [2.05, 4.69) is 26.6 Å². The maximum Gasteiger partial charge on any atom is 0.263 e. The smallest absolute Gasteiger partial charge is 0.263 e. The van der Waals surface area contributed by atoms with E-state index in [1.807, 2.05) is 61.5 Å². The minimum Gasteiger partial charge on any atom is -0.497 e. The Morgan fingerprint density at radius 1 is 1.22 bits per heavy atom. The Morgan fingerprint density at radius 2 is 1.89 bits per heavy atom. The lowest BCUT2D eigenvalue weighted by atomic mass is 10.1. The first-order valence-electron chi connectivity index (χ1n) is 8.56. The summed E-state index contributed by atoms with van der Waals surface area (Å²) in [6.45, 7) is 2.50. The van der Waals surface area contributed by atoms with Gasteiger partial charge in [0.15, 0.2) is 0 Å². The van der Waals surface area contributed by atoms with Gasteiger partial charge in [-0.1, -0.05) is 40.2 Å². The average Bonchev–Trinajstić information content (AvgIpc) is 2.69. The zero-order chi connectivity index (χ0) is 19.6. The lowest BCUT2D eigenvalue weighted by Gasteiger charge is -2.14. The van der Waals surface area contributed by atoms with Crippen LogP contribution in [0.1, 0.15) is 24.1 Å². The molecule has 0 aromatic heterocycles. The first-order valence-corrected chi connectivity index (χ1v) is 9.35. The third-order valence-corrected chi connectivity index (χ3v) is 4.57. The van der Waals surface area contributed by atoms with Crippen LogP contribution >= 0.6 is 15.9 Å². The number of nitriles is 1. The highest BCUT2D eigenvalue weighted by atomic mass is 79.9. The number of amides is 1. The van der Waals surface area contributed by atoms with Crippen molar-refractivity contribution in [1.82, 2.24) is 10.6 Å². The SMILES string of the molecule is COc1ccc(C(C)NC(=O)/C(C#N)=C\NCCc2ccc(Br)cc2)cc1. The topological polar surface area (TPSA) is 74.1 Å². The number of hydrogen-bond acceptors (Lipinski definition) is 4. The molecule has 0 radical (unpaired) electrons. The quantitative estimate of drug-likeness (QED) is 0.380. The van der Waals surface area contributed by atoms with E-state index in [1.54, 1.807) is 7.11 Å². The van der Waals surface area contributed by atoms with Crippen LogP contribution in [0.2, 0.25) is 0 Å². The molecule has 0 aliphatic heterocycles. The monoisotopic (exact) mass is 427 g/mol. The van der Waals surface area contributed by atoms with Crippen LogP contribution in [-0.4, -0.2) is 19.6 Å². The van der Waals surface area contributed by atoms with Crippen LogP contribution in [0.25, 0.3) is 0 Å². The fraction of sp³-hybridized carbons (Fsp3) is 0.238. The minimum absolute atomic E-state index is 0.0474. The van der Waals surface area contributed by atoms with Crippen LogP contribution in [0.4, 0.5) is 0 Å². The minimum atomic E-state index is -0.406. The molecule has 1 amide bonds. The molecular formula is C21H22BrN3O2. The van der Waals surface area contributed by atoms with Crippen LogP contribution < -0.4 is 15.4 Å². The summed E-state index contributed by atoms with van der Waals surface area (Å²) in [7, 11) is 1.61. The van der Waals surface area contributed by atoms with Gasteiger partial charge in [-0.3, -0.25) is 4.79 Å². The van der Waals surface area contributed by atoms with Crippen molar-refractivity contribution in [3.63, 3.8) is 0 Å². The molecule has 1 atom stereocenters. The largest absolute Gasteiger partial charge is 0.497 e. The van der Waals surface area contributed by atoms with Crippen molar-refractivity contribution >= 4 is 21.8 Å². The maximum atomic E-state index is 12.3. The van der Waals surface area contributed by atoms with Crippen LogP contribution in [0.5, 0.6) is 5.75 Å². The number of halogens is 1. The number of methoxy groups -OCH3 is 1. The van der Waals surface area contributed by atoms with E-state index in [9.17, 15) is 10.1 Å². The molecule has 2 aromatic carbocycles. The number of ether oxygens (including phenoxy) is 1. The molecular weight excluding hydrogens is 406 g/mol. The van der Waals surface area contributed by atoms with E-state index in [1.165, 1.54) is 11.8 Å². The summed E-state index contributed by atoms with van der Waals surface area (Å²) < 4.78 is 6.16. The van der Waals surface area contributed by atoms with Crippen molar-refractivity contribution in [2.75, 3.05) is 13.7 Å². The zero-order valence-corrected chi connectivity index (χ0v) is 16.9. The Labute approximate surface area is 168 Å². The van der Waals surface area contributed by atoms with E-state index in [0.717, 1.165) is 22.2 Å². The lowest BCUT2D eigenvalue weighted by Crippen LogP contribution is -2.28. The third kappa shape index (κ3) is 6.46. The second-order valence-corrected chi connectivity index (χ2v) is 6.88. The molecule has 5 nitrogen and oxygen atoms in total. The second kappa shape index (κ2) is 10.4. The molecule has 27 heavy (non-hydrogen) atoms. The Morgan fingerprint density at radius 3 is 2.48 bits per heavy atom. The number of rotatable bonds is 8. The summed E-state index contributed by atoms with van der Waals surface area (Å²) in [5.74, 6) is 0.349. The van der Waals surface area contributed by atoms with Gasteiger partial charge in [0.2, 0.25) is 0 Å². The summed E-state index contributed by atoms with van der Waals surface area (Å²) in [5, 5.41) is 15.1. The molecule has 140 valence electrons. The van der Waals surface area contributed by atoms with Gasteiger partial charge in [-0.15, -0.1) is 0 Å². The first kappa shape index (κ1) is 20.5. The lowest BCUT2D eigenvalue weighted by molar-refractivity contribution is -0.117. The van der Waals surface area contributed by atoms with Crippen molar-refractivity contribution in [2.24, 2.45) is 0 Å². The van der Waals surface area contributed by atoms with Gasteiger partial charge < -0.3 is 15.4 Å². The second-order valence-electron chi connectivity index (χ2n) is 5.97. The normalized spacial score (nSPS) is 12.0. The van der Waals surface area contributed by atoms with Crippen molar-refractivity contribution in [3.8, 4) is 11.8 Å². The fourth-order valence-corrected chi connectivity index (χ4v) is 2.71. The van der Waals surface area contributed by atoms with Crippen molar-refractivity contribution in [1.29, 1.82) is 5.26 Å². The van der Waals surface area contributed by atoms with E-state index in [-0.39, 0.29) is 11.6 Å². The number of benzene rings is 2. The highest BCUT2D eigenvalue weighted by Gasteiger charge is 2.13. The number of nitrogens with zero attached hydrogens (tertiary/aromatic N) is 1. The Hall–Kier alpha value is -2.78. The van der Waals surface area contributed by atoms with Crippen molar-refractivity contribution in [2.45, 2.75) is 19.4 Å². The van der Waals surface area contributed by atoms with Crippen LogP contribution in [0.3, 0.4) is 0 Å². The molecule has 0 heterocycles. The van der Waals surface area contributed by atoms with Crippen LogP contribution in [0.15, 0.2) is 64.8 Å². The van der Waals surface area contributed by atoms with E-state index < -0.39 is 5.91 Å². The molecule has 0 bridgehead atoms. The van der Waals surface area contributed by atoms with Gasteiger partial charge in [-0.05, 0) is 48.7 Å². The predicted octanol–water partition coefficient (Wildman–Crippen LogP) is 3.87. The van der Waals surface area contributed by atoms with Crippen LogP contribution in [-0.2, 0) is 11.2 Å². The zero-order valence-electron chi connectivity index (χ0n) is 15.3. The van der Waals surface area contributed by atoms with Gasteiger partial charge in [0.05, 0.1) is 13.2 Å². The molecule has 0 aliphatic carbocycles. The number of carbonyl (C=O) groups is 1. The highest BCUT2D eigenvalue weighted by Crippen LogP contribution is 2.17. The van der Waals surface area contributed by atoms with Gasteiger partial charge >= 0.3 is 0 Å². The number of nitrogens with one attached hydrogen (secondary N) is 2. The van der Waals surface area contributed by atoms with E-state index in [4.69, 9.17) is 4.74 Å². The van der Waals surface area contributed by atoms with Gasteiger partial charge in [0.25, 0.3) is 5.91 Å². The molecule has 0 saturated heterocycles. The Bertz CT molecular complexity index is 824. The first-order chi connectivity index (χ1) is 13.0.